The molecule has 31 heavy (non-hydrogen) atoms. The monoisotopic (exact) mass is 422 g/mol. The molecule has 2 aromatic carbocycles. The van der Waals surface area contributed by atoms with Crippen molar-refractivity contribution in [2.45, 2.75) is 13.5 Å². The van der Waals surface area contributed by atoms with E-state index in [1.54, 1.807) is 17.0 Å². The molecule has 4 rings (SSSR count). The highest BCUT2D eigenvalue weighted by molar-refractivity contribution is 5.89. The van der Waals surface area contributed by atoms with Gasteiger partial charge in [0.15, 0.2) is 11.5 Å². The summed E-state index contributed by atoms with van der Waals surface area (Å²) in [6.07, 6.45) is 0. The van der Waals surface area contributed by atoms with Crippen molar-refractivity contribution in [3.8, 4) is 11.5 Å². The first-order valence-corrected chi connectivity index (χ1v) is 10.1. The largest absolute Gasteiger partial charge is 0.454 e. The number of ether oxygens (including phenoxy) is 2. The van der Waals surface area contributed by atoms with Gasteiger partial charge in [0.1, 0.15) is 0 Å². The maximum Gasteiger partial charge on any atom is 0.322 e. The molecule has 0 spiro atoms. The Hall–Kier alpha value is -3.52. The first kappa shape index (κ1) is 20.7. The number of nitrogens with one attached hydrogen (secondary N) is 2. The van der Waals surface area contributed by atoms with Gasteiger partial charge in [0.2, 0.25) is 6.79 Å². The second-order valence-corrected chi connectivity index (χ2v) is 7.94. The van der Waals surface area contributed by atoms with E-state index in [0.29, 0.717) is 41.4 Å². The minimum atomic E-state index is -0.254. The van der Waals surface area contributed by atoms with Crippen LogP contribution in [0.15, 0.2) is 47.3 Å². The molecule has 0 saturated carbocycles. The zero-order chi connectivity index (χ0) is 22.0. The van der Waals surface area contributed by atoms with Crippen molar-refractivity contribution >= 4 is 22.6 Å². The van der Waals surface area contributed by atoms with Crippen LogP contribution in [0.2, 0.25) is 0 Å². The molecule has 0 saturated heterocycles. The molecule has 0 unspecified atom stereocenters. The molecule has 0 fully saturated rings. The predicted molar refractivity (Wildman–Crippen MR) is 120 cm³/mol. The van der Waals surface area contributed by atoms with Gasteiger partial charge >= 0.3 is 6.03 Å². The lowest BCUT2D eigenvalue weighted by Crippen LogP contribution is -2.40. The number of carbonyl (C=O) groups excluding carboxylic acids is 1. The molecule has 3 aromatic rings. The molecule has 8 nitrogen and oxygen atoms in total. The molecule has 162 valence electrons. The predicted octanol–water partition coefficient (Wildman–Crippen LogP) is 3.16. The smallest absolute Gasteiger partial charge is 0.322 e. The number of aromatic amines is 1. The lowest BCUT2D eigenvalue weighted by atomic mass is 10.1. The topological polar surface area (TPSA) is 86.9 Å². The molecule has 2 N–H and O–H groups in total. The van der Waals surface area contributed by atoms with Gasteiger partial charge in [-0.1, -0.05) is 17.7 Å². The number of nitrogens with zero attached hydrogens (tertiary/aromatic N) is 2. The molecular formula is C23H26N4O4. The molecule has 0 bridgehead atoms. The van der Waals surface area contributed by atoms with E-state index in [1.165, 1.54) is 0 Å². The van der Waals surface area contributed by atoms with Gasteiger partial charge in [-0.2, -0.15) is 0 Å². The summed E-state index contributed by atoms with van der Waals surface area (Å²) in [5.74, 6) is 1.26. The Balaban J connectivity index is 1.59. The Bertz CT molecular complexity index is 1150. The first-order chi connectivity index (χ1) is 14.9. The molecule has 2 amide bonds. The number of amides is 2. The molecule has 0 aliphatic carbocycles. The number of rotatable bonds is 6. The highest BCUT2D eigenvalue weighted by Crippen LogP contribution is 2.35. The van der Waals surface area contributed by atoms with Gasteiger partial charge in [-0.05, 0) is 45.3 Å². The van der Waals surface area contributed by atoms with E-state index in [9.17, 15) is 9.59 Å². The van der Waals surface area contributed by atoms with E-state index < -0.39 is 0 Å². The van der Waals surface area contributed by atoms with Crippen molar-refractivity contribution < 1.29 is 14.3 Å². The second kappa shape index (κ2) is 8.69. The Morgan fingerprint density at radius 3 is 2.48 bits per heavy atom. The van der Waals surface area contributed by atoms with Gasteiger partial charge in [0.05, 0.1) is 12.1 Å². The number of hydrogen-bond acceptors (Lipinski definition) is 5. The van der Waals surface area contributed by atoms with Gasteiger partial charge in [-0.3, -0.25) is 4.79 Å². The maximum atomic E-state index is 13.0. The Morgan fingerprint density at radius 2 is 1.77 bits per heavy atom. The number of carbonyl (C=O) groups is 1. The van der Waals surface area contributed by atoms with Crippen LogP contribution in [-0.2, 0) is 6.54 Å². The number of fused-ring (bicyclic) bond motifs is 2. The summed E-state index contributed by atoms with van der Waals surface area (Å²) in [5.41, 5.74) is 2.77. The number of aryl methyl sites for hydroxylation is 1. The molecule has 8 heteroatoms. The fraction of sp³-hybridized carbons (Fsp3) is 0.304. The standard InChI is InChI=1S/C23H26N4O4/c1-15-4-6-18(7-5-15)24-23(29)27(9-8-26(2)3)13-17-10-16-11-20-21(31-14-30-20)12-19(16)25-22(17)28/h4-7,10-12H,8-9,13-14H2,1-3H3,(H,24,29)(H,25,28). The fourth-order valence-corrected chi connectivity index (χ4v) is 3.38. The van der Waals surface area contributed by atoms with Crippen LogP contribution in [0.5, 0.6) is 11.5 Å². The van der Waals surface area contributed by atoms with E-state index in [2.05, 4.69) is 10.3 Å². The number of H-pyrrole nitrogens is 1. The quantitative estimate of drug-likeness (QED) is 0.637. The fourth-order valence-electron chi connectivity index (χ4n) is 3.38. The molecule has 1 aromatic heterocycles. The van der Waals surface area contributed by atoms with E-state index >= 15 is 0 Å². The Kier molecular flexibility index (Phi) is 5.81. The van der Waals surface area contributed by atoms with Crippen molar-refractivity contribution in [2.24, 2.45) is 0 Å². The van der Waals surface area contributed by atoms with Crippen LogP contribution in [0.4, 0.5) is 10.5 Å². The summed E-state index contributed by atoms with van der Waals surface area (Å²) in [6.45, 7) is 3.49. The molecule has 2 heterocycles. The van der Waals surface area contributed by atoms with Crippen LogP contribution in [-0.4, -0.2) is 54.8 Å². The highest BCUT2D eigenvalue weighted by atomic mass is 16.7. The van der Waals surface area contributed by atoms with E-state index in [-0.39, 0.29) is 24.9 Å². The van der Waals surface area contributed by atoms with Crippen LogP contribution < -0.4 is 20.3 Å². The van der Waals surface area contributed by atoms with Crippen molar-refractivity contribution in [2.75, 3.05) is 39.3 Å². The minimum Gasteiger partial charge on any atom is -0.454 e. The third-order valence-corrected chi connectivity index (χ3v) is 5.18. The summed E-state index contributed by atoms with van der Waals surface area (Å²) in [4.78, 5) is 32.3. The van der Waals surface area contributed by atoms with Crippen LogP contribution in [0.25, 0.3) is 10.9 Å². The molecule has 0 radical (unpaired) electrons. The summed E-state index contributed by atoms with van der Waals surface area (Å²) in [6, 6.07) is 12.8. The van der Waals surface area contributed by atoms with Crippen molar-refractivity contribution in [1.82, 2.24) is 14.8 Å². The molecule has 1 aliphatic rings. The summed E-state index contributed by atoms with van der Waals surface area (Å²) < 4.78 is 10.8. The third-order valence-electron chi connectivity index (χ3n) is 5.18. The van der Waals surface area contributed by atoms with Crippen LogP contribution in [0.1, 0.15) is 11.1 Å². The second-order valence-electron chi connectivity index (χ2n) is 7.94. The Morgan fingerprint density at radius 1 is 1.06 bits per heavy atom. The Labute approximate surface area is 180 Å². The first-order valence-electron chi connectivity index (χ1n) is 10.1. The lowest BCUT2D eigenvalue weighted by molar-refractivity contribution is 0.174. The van der Waals surface area contributed by atoms with Gasteiger partial charge < -0.3 is 29.6 Å². The molecule has 0 atom stereocenters. The summed E-state index contributed by atoms with van der Waals surface area (Å²) in [5, 5.41) is 3.75. The van der Waals surface area contributed by atoms with Crippen LogP contribution in [0, 0.1) is 6.92 Å². The zero-order valence-corrected chi connectivity index (χ0v) is 17.9. The maximum absolute atomic E-state index is 13.0. The van der Waals surface area contributed by atoms with Crippen molar-refractivity contribution in [3.05, 3.63) is 63.9 Å². The lowest BCUT2D eigenvalue weighted by Gasteiger charge is -2.24. The minimum absolute atomic E-state index is 0.167. The highest BCUT2D eigenvalue weighted by Gasteiger charge is 2.19. The third kappa shape index (κ3) is 4.80. The molecule has 1 aliphatic heterocycles. The average Bonchev–Trinajstić information content (AvgIpc) is 3.18. The normalized spacial score (nSPS) is 12.4. The SMILES string of the molecule is Cc1ccc(NC(=O)N(CCN(C)C)Cc2cc3cc4c(cc3[nH]c2=O)OCO4)cc1. The van der Waals surface area contributed by atoms with Crippen LogP contribution >= 0.6 is 0 Å². The van der Waals surface area contributed by atoms with E-state index in [0.717, 1.165) is 10.9 Å². The van der Waals surface area contributed by atoms with Crippen LogP contribution in [0.3, 0.4) is 0 Å². The number of aromatic nitrogens is 1. The van der Waals surface area contributed by atoms with Gasteiger partial charge in [0, 0.05) is 35.8 Å². The van der Waals surface area contributed by atoms with Gasteiger partial charge in [-0.15, -0.1) is 0 Å². The summed E-state index contributed by atoms with van der Waals surface area (Å²) in [7, 11) is 3.89. The van der Waals surface area contributed by atoms with Crippen molar-refractivity contribution in [1.29, 1.82) is 0 Å². The van der Waals surface area contributed by atoms with E-state index in [4.69, 9.17) is 9.47 Å². The van der Waals surface area contributed by atoms with E-state index in [1.807, 2.05) is 56.3 Å². The van der Waals surface area contributed by atoms with Crippen molar-refractivity contribution in [3.63, 3.8) is 0 Å². The number of urea groups is 1. The average molecular weight is 422 g/mol. The molecular weight excluding hydrogens is 396 g/mol. The number of pyridine rings is 1. The van der Waals surface area contributed by atoms with Gasteiger partial charge in [0.25, 0.3) is 5.56 Å². The zero-order valence-electron chi connectivity index (χ0n) is 17.9. The number of hydrogen-bond donors (Lipinski definition) is 2. The van der Waals surface area contributed by atoms with Gasteiger partial charge in [-0.25, -0.2) is 4.79 Å². The number of anilines is 1. The summed E-state index contributed by atoms with van der Waals surface area (Å²) >= 11 is 0. The number of likely N-dealkylation sites (N-methyl/N-ethyl adjacent to an activating group) is 1. The number of benzene rings is 2.